The number of ether oxygens (including phenoxy) is 2. The van der Waals surface area contributed by atoms with E-state index in [9.17, 15) is 0 Å². The summed E-state index contributed by atoms with van der Waals surface area (Å²) in [5.74, 6) is 1.49. The van der Waals surface area contributed by atoms with Gasteiger partial charge in [-0.15, -0.1) is 0 Å². The van der Waals surface area contributed by atoms with Gasteiger partial charge in [0, 0.05) is 5.03 Å². The first-order valence-corrected chi connectivity index (χ1v) is 3.89. The van der Waals surface area contributed by atoms with E-state index in [0.29, 0.717) is 5.03 Å². The third kappa shape index (κ3) is 1.14. The number of benzene rings is 1. The van der Waals surface area contributed by atoms with Gasteiger partial charge in [0.25, 0.3) is 0 Å². The van der Waals surface area contributed by atoms with Crippen molar-refractivity contribution >= 4 is 16.6 Å². The fourth-order valence-electron chi connectivity index (χ4n) is 1.07. The van der Waals surface area contributed by atoms with Crippen LogP contribution in [0.2, 0.25) is 0 Å². The molecule has 1 aliphatic rings. The summed E-state index contributed by atoms with van der Waals surface area (Å²) in [5, 5.41) is 0.508. The summed E-state index contributed by atoms with van der Waals surface area (Å²) < 4.78 is 10.3. The molecule has 2 rings (SSSR count). The fourth-order valence-corrected chi connectivity index (χ4v) is 1.18. The average molecular weight is 183 g/mol. The van der Waals surface area contributed by atoms with Crippen LogP contribution in [0.5, 0.6) is 11.5 Å². The summed E-state index contributed by atoms with van der Waals surface area (Å²) in [4.78, 5) is 0. The first-order valence-electron chi connectivity index (χ1n) is 3.52. The molecule has 1 aromatic rings. The summed E-state index contributed by atoms with van der Waals surface area (Å²) in [7, 11) is 0. The lowest BCUT2D eigenvalue weighted by Crippen LogP contribution is -1.92. The van der Waals surface area contributed by atoms with Crippen LogP contribution >= 0.6 is 11.6 Å². The molecule has 0 amide bonds. The van der Waals surface area contributed by atoms with Gasteiger partial charge >= 0.3 is 0 Å². The standard InChI is InChI=1S/C9H7ClO2/c1-6(10)7-2-3-8-9(4-7)12-5-11-8/h2-4H,1,5H2. The van der Waals surface area contributed by atoms with E-state index in [1.54, 1.807) is 0 Å². The SMILES string of the molecule is C=C(Cl)c1ccc2c(c1)OCO2. The Labute approximate surface area is 75.4 Å². The predicted molar refractivity (Wildman–Crippen MR) is 47.5 cm³/mol. The first-order chi connectivity index (χ1) is 5.77. The summed E-state index contributed by atoms with van der Waals surface area (Å²) in [5.41, 5.74) is 0.862. The Morgan fingerprint density at radius 2 is 2.08 bits per heavy atom. The highest BCUT2D eigenvalue weighted by Gasteiger charge is 2.13. The van der Waals surface area contributed by atoms with Crippen LogP contribution in [0.3, 0.4) is 0 Å². The van der Waals surface area contributed by atoms with Crippen LogP contribution in [0, 0.1) is 0 Å². The second-order valence-electron chi connectivity index (χ2n) is 2.47. The fraction of sp³-hybridized carbons (Fsp3) is 0.111. The van der Waals surface area contributed by atoms with Crippen molar-refractivity contribution < 1.29 is 9.47 Å². The molecule has 3 heteroatoms. The highest BCUT2D eigenvalue weighted by atomic mass is 35.5. The summed E-state index contributed by atoms with van der Waals surface area (Å²) >= 11 is 5.71. The van der Waals surface area contributed by atoms with Gasteiger partial charge in [0.1, 0.15) is 0 Å². The minimum atomic E-state index is 0.285. The smallest absolute Gasteiger partial charge is 0.231 e. The molecule has 12 heavy (non-hydrogen) atoms. The van der Waals surface area contributed by atoms with Gasteiger partial charge in [-0.3, -0.25) is 0 Å². The van der Waals surface area contributed by atoms with Gasteiger partial charge in [-0.05, 0) is 23.8 Å². The molecular weight excluding hydrogens is 176 g/mol. The molecule has 0 saturated carbocycles. The second kappa shape index (κ2) is 2.72. The van der Waals surface area contributed by atoms with Crippen LogP contribution < -0.4 is 9.47 Å². The molecule has 0 atom stereocenters. The third-order valence-electron chi connectivity index (χ3n) is 1.69. The maximum Gasteiger partial charge on any atom is 0.231 e. The molecule has 1 aromatic carbocycles. The van der Waals surface area contributed by atoms with E-state index >= 15 is 0 Å². The summed E-state index contributed by atoms with van der Waals surface area (Å²) in [6.07, 6.45) is 0. The molecular formula is C9H7ClO2. The zero-order valence-electron chi connectivity index (χ0n) is 6.34. The molecule has 62 valence electrons. The molecule has 0 saturated heterocycles. The Balaban J connectivity index is 2.45. The van der Waals surface area contributed by atoms with E-state index in [1.807, 2.05) is 18.2 Å². The molecule has 0 fully saturated rings. The van der Waals surface area contributed by atoms with Gasteiger partial charge in [0.2, 0.25) is 6.79 Å². The lowest BCUT2D eigenvalue weighted by atomic mass is 10.2. The highest BCUT2D eigenvalue weighted by Crippen LogP contribution is 2.34. The van der Waals surface area contributed by atoms with Crippen LogP contribution in [-0.2, 0) is 0 Å². The molecule has 0 bridgehead atoms. The molecule has 0 aliphatic carbocycles. The van der Waals surface area contributed by atoms with Crippen LogP contribution in [0.15, 0.2) is 24.8 Å². The molecule has 2 nitrogen and oxygen atoms in total. The Kier molecular flexibility index (Phi) is 1.70. The zero-order chi connectivity index (χ0) is 8.55. The minimum Gasteiger partial charge on any atom is -0.454 e. The highest BCUT2D eigenvalue weighted by molar-refractivity contribution is 6.48. The van der Waals surface area contributed by atoms with Crippen molar-refractivity contribution in [3.05, 3.63) is 30.3 Å². The van der Waals surface area contributed by atoms with Crippen molar-refractivity contribution in [1.29, 1.82) is 0 Å². The first kappa shape index (κ1) is 7.50. The van der Waals surface area contributed by atoms with Crippen LogP contribution in [-0.4, -0.2) is 6.79 Å². The van der Waals surface area contributed by atoms with Crippen molar-refractivity contribution in [2.24, 2.45) is 0 Å². The van der Waals surface area contributed by atoms with E-state index in [-0.39, 0.29) is 6.79 Å². The molecule has 0 radical (unpaired) electrons. The van der Waals surface area contributed by atoms with Crippen LogP contribution in [0.25, 0.3) is 5.03 Å². The van der Waals surface area contributed by atoms with Gasteiger partial charge in [0.05, 0.1) is 0 Å². The van der Waals surface area contributed by atoms with Gasteiger partial charge in [-0.25, -0.2) is 0 Å². The third-order valence-corrected chi connectivity index (χ3v) is 1.90. The largest absolute Gasteiger partial charge is 0.454 e. The van der Waals surface area contributed by atoms with Crippen molar-refractivity contribution in [3.63, 3.8) is 0 Å². The maximum absolute atomic E-state index is 5.71. The van der Waals surface area contributed by atoms with Gasteiger partial charge in [0.15, 0.2) is 11.5 Å². The van der Waals surface area contributed by atoms with E-state index in [0.717, 1.165) is 17.1 Å². The lowest BCUT2D eigenvalue weighted by molar-refractivity contribution is 0.174. The monoisotopic (exact) mass is 182 g/mol. The van der Waals surface area contributed by atoms with E-state index < -0.39 is 0 Å². The number of fused-ring (bicyclic) bond motifs is 1. The zero-order valence-corrected chi connectivity index (χ0v) is 7.10. The molecule has 0 spiro atoms. The Hall–Kier alpha value is -1.15. The minimum absolute atomic E-state index is 0.285. The van der Waals surface area contributed by atoms with Crippen LogP contribution in [0.1, 0.15) is 5.56 Å². The molecule has 0 aromatic heterocycles. The Bertz CT molecular complexity index is 333. The second-order valence-corrected chi connectivity index (χ2v) is 2.93. The van der Waals surface area contributed by atoms with E-state index in [2.05, 4.69) is 6.58 Å². The summed E-state index contributed by atoms with van der Waals surface area (Å²) in [6, 6.07) is 5.49. The Morgan fingerprint density at radius 3 is 2.83 bits per heavy atom. The van der Waals surface area contributed by atoms with Gasteiger partial charge < -0.3 is 9.47 Å². The maximum atomic E-state index is 5.71. The number of rotatable bonds is 1. The average Bonchev–Trinajstić information content (AvgIpc) is 2.49. The summed E-state index contributed by atoms with van der Waals surface area (Å²) in [6.45, 7) is 3.91. The van der Waals surface area contributed by atoms with Gasteiger partial charge in [-0.2, -0.15) is 0 Å². The van der Waals surface area contributed by atoms with Gasteiger partial charge in [-0.1, -0.05) is 18.2 Å². The topological polar surface area (TPSA) is 18.5 Å². The lowest BCUT2D eigenvalue weighted by Gasteiger charge is -1.99. The molecule has 0 unspecified atom stereocenters. The molecule has 0 N–H and O–H groups in total. The van der Waals surface area contributed by atoms with Crippen molar-refractivity contribution in [2.75, 3.05) is 6.79 Å². The van der Waals surface area contributed by atoms with Crippen LogP contribution in [0.4, 0.5) is 0 Å². The number of halogens is 1. The van der Waals surface area contributed by atoms with Crippen molar-refractivity contribution in [3.8, 4) is 11.5 Å². The van der Waals surface area contributed by atoms with Crippen molar-refractivity contribution in [1.82, 2.24) is 0 Å². The molecule has 1 heterocycles. The van der Waals surface area contributed by atoms with Crippen molar-refractivity contribution in [2.45, 2.75) is 0 Å². The van der Waals surface area contributed by atoms with E-state index in [4.69, 9.17) is 21.1 Å². The number of hydrogen-bond donors (Lipinski definition) is 0. The van der Waals surface area contributed by atoms with E-state index in [1.165, 1.54) is 0 Å². The number of hydrogen-bond acceptors (Lipinski definition) is 2. The normalized spacial score (nSPS) is 13.1. The quantitative estimate of drug-likeness (QED) is 0.665. The molecule has 1 aliphatic heterocycles. The Morgan fingerprint density at radius 1 is 1.33 bits per heavy atom. The predicted octanol–water partition coefficient (Wildman–Crippen LogP) is 2.62.